The van der Waals surface area contributed by atoms with E-state index in [1.807, 2.05) is 13.2 Å². The Bertz CT molecular complexity index is 543. The number of carbonyl (C=O) groups is 1. The molecular formula is C17H29ClN4O. The summed E-state index contributed by atoms with van der Waals surface area (Å²) in [5, 5.41) is 7.76. The molecule has 2 aliphatic rings. The maximum atomic E-state index is 12.8. The molecule has 0 aromatic carbocycles. The highest BCUT2D eigenvalue weighted by Crippen LogP contribution is 2.39. The van der Waals surface area contributed by atoms with Crippen molar-refractivity contribution in [1.29, 1.82) is 0 Å². The predicted molar refractivity (Wildman–Crippen MR) is 93.8 cm³/mol. The fourth-order valence-electron chi connectivity index (χ4n) is 4.36. The number of halogens is 1. The van der Waals surface area contributed by atoms with Crippen molar-refractivity contribution in [3.05, 3.63) is 17.5 Å². The second kappa shape index (κ2) is 7.22. The standard InChI is InChI=1S/C17H28N4O.ClH/c1-10(2)15-14(9-21(3)20-15)17(22)19-16-11-5-4-6-12(16)8-13(18)7-11;/h9-13,16H,4-8,18H2,1-3H3,(H,19,22);1H. The van der Waals surface area contributed by atoms with E-state index in [1.165, 1.54) is 19.3 Å². The first-order valence-electron chi connectivity index (χ1n) is 8.55. The minimum Gasteiger partial charge on any atom is -0.349 e. The number of hydrogen-bond donors (Lipinski definition) is 2. The molecule has 3 N–H and O–H groups in total. The molecule has 2 aliphatic carbocycles. The van der Waals surface area contributed by atoms with Crippen molar-refractivity contribution < 1.29 is 4.79 Å². The maximum absolute atomic E-state index is 12.8. The Hall–Kier alpha value is -1.07. The van der Waals surface area contributed by atoms with Crippen LogP contribution in [0.1, 0.15) is 67.9 Å². The molecular weight excluding hydrogens is 312 g/mol. The summed E-state index contributed by atoms with van der Waals surface area (Å²) in [7, 11) is 1.87. The number of aryl methyl sites for hydroxylation is 1. The molecule has 1 amide bonds. The van der Waals surface area contributed by atoms with E-state index in [0.717, 1.165) is 24.1 Å². The van der Waals surface area contributed by atoms with Gasteiger partial charge in [0.1, 0.15) is 0 Å². The minimum atomic E-state index is 0. The first-order valence-corrected chi connectivity index (χ1v) is 8.55. The molecule has 1 aromatic rings. The number of nitrogens with zero attached hydrogens (tertiary/aromatic N) is 2. The first-order chi connectivity index (χ1) is 10.5. The quantitative estimate of drug-likeness (QED) is 0.888. The number of aromatic nitrogens is 2. The Morgan fingerprint density at radius 2 is 1.96 bits per heavy atom. The molecule has 2 saturated carbocycles. The zero-order valence-corrected chi connectivity index (χ0v) is 15.1. The summed E-state index contributed by atoms with van der Waals surface area (Å²) in [5.41, 5.74) is 7.78. The molecule has 23 heavy (non-hydrogen) atoms. The molecule has 0 aliphatic heterocycles. The summed E-state index contributed by atoms with van der Waals surface area (Å²) in [6, 6.07) is 0.606. The molecule has 2 unspecified atom stereocenters. The second-order valence-electron chi connectivity index (χ2n) is 7.44. The van der Waals surface area contributed by atoms with Crippen LogP contribution in [-0.2, 0) is 7.05 Å². The highest BCUT2D eigenvalue weighted by molar-refractivity contribution is 5.95. The smallest absolute Gasteiger partial charge is 0.255 e. The number of rotatable bonds is 3. The van der Waals surface area contributed by atoms with Gasteiger partial charge in [-0.1, -0.05) is 20.3 Å². The van der Waals surface area contributed by atoms with E-state index < -0.39 is 0 Å². The molecule has 6 heteroatoms. The van der Waals surface area contributed by atoms with Crippen LogP contribution < -0.4 is 11.1 Å². The summed E-state index contributed by atoms with van der Waals surface area (Å²) in [6.45, 7) is 4.15. The lowest BCUT2D eigenvalue weighted by molar-refractivity contribution is 0.0755. The fraction of sp³-hybridized carbons (Fsp3) is 0.765. The minimum absolute atomic E-state index is 0. The van der Waals surface area contributed by atoms with Gasteiger partial charge in [0.05, 0.1) is 11.3 Å². The van der Waals surface area contributed by atoms with Crippen molar-refractivity contribution in [3.8, 4) is 0 Å². The number of nitrogens with one attached hydrogen (secondary N) is 1. The summed E-state index contributed by atoms with van der Waals surface area (Å²) < 4.78 is 1.74. The predicted octanol–water partition coefficient (Wildman–Crippen LogP) is 2.60. The van der Waals surface area contributed by atoms with Crippen molar-refractivity contribution in [2.45, 2.75) is 64.0 Å². The number of carbonyl (C=O) groups excluding carboxylic acids is 1. The van der Waals surface area contributed by atoms with E-state index in [0.29, 0.717) is 23.9 Å². The van der Waals surface area contributed by atoms with Gasteiger partial charge in [0.15, 0.2) is 0 Å². The van der Waals surface area contributed by atoms with Crippen LogP contribution in [0.4, 0.5) is 0 Å². The Kier molecular flexibility index (Phi) is 5.74. The molecule has 2 atom stereocenters. The zero-order chi connectivity index (χ0) is 15.9. The van der Waals surface area contributed by atoms with Gasteiger partial charge in [-0.15, -0.1) is 12.4 Å². The van der Waals surface area contributed by atoms with Crippen molar-refractivity contribution in [2.75, 3.05) is 0 Å². The summed E-state index contributed by atoms with van der Waals surface area (Å²) >= 11 is 0. The largest absolute Gasteiger partial charge is 0.349 e. The lowest BCUT2D eigenvalue weighted by atomic mass is 9.67. The topological polar surface area (TPSA) is 72.9 Å². The van der Waals surface area contributed by atoms with E-state index in [2.05, 4.69) is 24.3 Å². The highest BCUT2D eigenvalue weighted by Gasteiger charge is 2.40. The van der Waals surface area contributed by atoms with E-state index in [9.17, 15) is 4.79 Å². The van der Waals surface area contributed by atoms with Crippen molar-refractivity contribution in [3.63, 3.8) is 0 Å². The number of hydrogen-bond acceptors (Lipinski definition) is 3. The Labute approximate surface area is 144 Å². The highest BCUT2D eigenvalue weighted by atomic mass is 35.5. The third-order valence-corrected chi connectivity index (χ3v) is 5.32. The molecule has 130 valence electrons. The van der Waals surface area contributed by atoms with Gasteiger partial charge >= 0.3 is 0 Å². The summed E-state index contributed by atoms with van der Waals surface area (Å²) in [4.78, 5) is 12.8. The third-order valence-electron chi connectivity index (χ3n) is 5.32. The van der Waals surface area contributed by atoms with Crippen LogP contribution >= 0.6 is 12.4 Å². The molecule has 2 fully saturated rings. The SMILES string of the molecule is CC(C)c1nn(C)cc1C(=O)NC1C2CCCC1CC(N)C2.Cl. The monoisotopic (exact) mass is 340 g/mol. The lowest BCUT2D eigenvalue weighted by Gasteiger charge is -2.45. The van der Waals surface area contributed by atoms with Gasteiger partial charge in [-0.2, -0.15) is 5.10 Å². The van der Waals surface area contributed by atoms with Gasteiger partial charge in [0.25, 0.3) is 5.91 Å². The van der Waals surface area contributed by atoms with Gasteiger partial charge in [-0.05, 0) is 43.4 Å². The van der Waals surface area contributed by atoms with E-state index in [4.69, 9.17) is 5.73 Å². The Morgan fingerprint density at radius 3 is 2.52 bits per heavy atom. The van der Waals surface area contributed by atoms with Crippen LogP contribution in [0, 0.1) is 11.8 Å². The molecule has 1 heterocycles. The first kappa shape index (κ1) is 18.3. The van der Waals surface area contributed by atoms with Crippen LogP contribution in [0.2, 0.25) is 0 Å². The third kappa shape index (κ3) is 3.72. The van der Waals surface area contributed by atoms with Gasteiger partial charge < -0.3 is 11.1 Å². The molecule has 0 saturated heterocycles. The molecule has 5 nitrogen and oxygen atoms in total. The maximum Gasteiger partial charge on any atom is 0.255 e. The molecule has 0 spiro atoms. The van der Waals surface area contributed by atoms with E-state index in [1.54, 1.807) is 4.68 Å². The number of amides is 1. The normalized spacial score (nSPS) is 30.0. The Morgan fingerprint density at radius 1 is 1.35 bits per heavy atom. The zero-order valence-electron chi connectivity index (χ0n) is 14.3. The number of nitrogens with two attached hydrogens (primary N) is 1. The molecule has 0 radical (unpaired) electrons. The van der Waals surface area contributed by atoms with Crippen LogP contribution in [0.5, 0.6) is 0 Å². The van der Waals surface area contributed by atoms with E-state index >= 15 is 0 Å². The van der Waals surface area contributed by atoms with Gasteiger partial charge in [0, 0.05) is 25.3 Å². The molecule has 2 bridgehead atoms. The van der Waals surface area contributed by atoms with Crippen molar-refractivity contribution in [2.24, 2.45) is 24.6 Å². The van der Waals surface area contributed by atoms with Crippen molar-refractivity contribution in [1.82, 2.24) is 15.1 Å². The average Bonchev–Trinajstić information content (AvgIpc) is 2.82. The second-order valence-corrected chi connectivity index (χ2v) is 7.44. The van der Waals surface area contributed by atoms with Gasteiger partial charge in [-0.25, -0.2) is 0 Å². The molecule has 3 rings (SSSR count). The Balaban J connectivity index is 0.00000192. The lowest BCUT2D eigenvalue weighted by Crippen LogP contribution is -2.53. The van der Waals surface area contributed by atoms with E-state index in [-0.39, 0.29) is 24.2 Å². The fourth-order valence-corrected chi connectivity index (χ4v) is 4.36. The summed E-state index contributed by atoms with van der Waals surface area (Å²) in [6.07, 6.45) is 7.60. The average molecular weight is 341 g/mol. The van der Waals surface area contributed by atoms with Gasteiger partial charge in [0.2, 0.25) is 0 Å². The van der Waals surface area contributed by atoms with Crippen LogP contribution in [-0.4, -0.2) is 27.8 Å². The molecule has 1 aromatic heterocycles. The van der Waals surface area contributed by atoms with Crippen LogP contribution in [0.3, 0.4) is 0 Å². The van der Waals surface area contributed by atoms with Crippen molar-refractivity contribution >= 4 is 18.3 Å². The number of fused-ring (bicyclic) bond motifs is 2. The van der Waals surface area contributed by atoms with Crippen LogP contribution in [0.25, 0.3) is 0 Å². The van der Waals surface area contributed by atoms with Gasteiger partial charge in [-0.3, -0.25) is 9.48 Å². The summed E-state index contributed by atoms with van der Waals surface area (Å²) in [5.74, 6) is 1.38. The van der Waals surface area contributed by atoms with Crippen LogP contribution in [0.15, 0.2) is 6.20 Å².